The van der Waals surface area contributed by atoms with Gasteiger partial charge in [-0.2, -0.15) is 0 Å². The van der Waals surface area contributed by atoms with E-state index in [0.717, 1.165) is 4.88 Å². The molecular formula is C17H13N3O4S2. The Balaban J connectivity index is 1.47. The van der Waals surface area contributed by atoms with Crippen molar-refractivity contribution >= 4 is 46.3 Å². The summed E-state index contributed by atoms with van der Waals surface area (Å²) < 4.78 is 4.89. The van der Waals surface area contributed by atoms with E-state index in [0.29, 0.717) is 10.7 Å². The second-order valence-corrected chi connectivity index (χ2v) is 6.77. The van der Waals surface area contributed by atoms with Gasteiger partial charge in [0.2, 0.25) is 0 Å². The molecule has 0 spiro atoms. The number of rotatable bonds is 5. The maximum absolute atomic E-state index is 12.0. The van der Waals surface area contributed by atoms with Crippen molar-refractivity contribution in [1.82, 2.24) is 10.3 Å². The Kier molecular flexibility index (Phi) is 5.72. The number of para-hydroxylation sites is 1. The molecule has 0 aliphatic carbocycles. The van der Waals surface area contributed by atoms with Crippen LogP contribution in [0.15, 0.2) is 53.2 Å². The average molecular weight is 387 g/mol. The molecule has 0 aliphatic heterocycles. The number of nitrogens with one attached hydrogen (secondary N) is 2. The lowest BCUT2D eigenvalue weighted by Gasteiger charge is -2.06. The number of urea groups is 1. The van der Waals surface area contributed by atoms with E-state index in [9.17, 15) is 14.4 Å². The quantitative estimate of drug-likeness (QED) is 0.654. The second kappa shape index (κ2) is 8.37. The van der Waals surface area contributed by atoms with E-state index in [1.807, 2.05) is 17.5 Å². The van der Waals surface area contributed by atoms with Crippen molar-refractivity contribution in [2.24, 2.45) is 0 Å². The van der Waals surface area contributed by atoms with Crippen LogP contribution >= 0.6 is 22.7 Å². The fraction of sp³-hybridized carbons (Fsp3) is 0.0588. The number of anilines is 1. The number of hydrogen-bond donors (Lipinski definition) is 2. The minimum Gasteiger partial charge on any atom is -0.451 e. The molecule has 3 rings (SSSR count). The number of ether oxygens (including phenoxy) is 1. The number of imide groups is 1. The number of aromatic nitrogens is 1. The highest BCUT2D eigenvalue weighted by Crippen LogP contribution is 2.27. The maximum atomic E-state index is 12.0. The lowest BCUT2D eigenvalue weighted by Crippen LogP contribution is -2.37. The van der Waals surface area contributed by atoms with E-state index >= 15 is 0 Å². The van der Waals surface area contributed by atoms with Crippen molar-refractivity contribution in [3.8, 4) is 9.88 Å². The van der Waals surface area contributed by atoms with Crippen LogP contribution in [0.2, 0.25) is 0 Å². The Bertz CT molecular complexity index is 907. The van der Waals surface area contributed by atoms with Gasteiger partial charge in [0.15, 0.2) is 12.3 Å². The molecule has 2 N–H and O–H groups in total. The van der Waals surface area contributed by atoms with Crippen LogP contribution in [0.5, 0.6) is 0 Å². The van der Waals surface area contributed by atoms with E-state index in [2.05, 4.69) is 15.6 Å². The number of nitrogens with zero attached hydrogens (tertiary/aromatic N) is 1. The Morgan fingerprint density at radius 1 is 1.04 bits per heavy atom. The zero-order chi connectivity index (χ0) is 18.4. The fourth-order valence-corrected chi connectivity index (χ4v) is 3.54. The molecule has 0 unspecified atom stereocenters. The van der Waals surface area contributed by atoms with Crippen LogP contribution in [-0.2, 0) is 9.53 Å². The van der Waals surface area contributed by atoms with Crippen LogP contribution in [0.1, 0.15) is 10.5 Å². The van der Waals surface area contributed by atoms with Gasteiger partial charge in [0.25, 0.3) is 5.91 Å². The number of hydrogen-bond acceptors (Lipinski definition) is 7. The van der Waals surface area contributed by atoms with Gasteiger partial charge >= 0.3 is 12.0 Å². The number of amides is 3. The van der Waals surface area contributed by atoms with Crippen LogP contribution in [0.4, 0.5) is 10.5 Å². The minimum atomic E-state index is -0.736. The summed E-state index contributed by atoms with van der Waals surface area (Å²) in [7, 11) is 0. The Labute approximate surface area is 156 Å². The molecule has 0 aliphatic rings. The van der Waals surface area contributed by atoms with E-state index in [-0.39, 0.29) is 5.69 Å². The highest BCUT2D eigenvalue weighted by molar-refractivity contribution is 7.20. The topological polar surface area (TPSA) is 97.4 Å². The molecule has 2 heterocycles. The van der Waals surface area contributed by atoms with E-state index in [1.165, 1.54) is 22.7 Å². The van der Waals surface area contributed by atoms with Gasteiger partial charge in [0.05, 0.1) is 4.88 Å². The summed E-state index contributed by atoms with van der Waals surface area (Å²) in [5.41, 5.74) is 0.665. The molecule has 9 heteroatoms. The minimum absolute atomic E-state index is 0.125. The maximum Gasteiger partial charge on any atom is 0.358 e. The standard InChI is InChI=1S/C17H13N3O4S2/c21-14(20-17(23)18-11-5-2-1-3-6-11)9-24-16(22)12-10-26-15(19-12)13-7-4-8-25-13/h1-8,10H,9H2,(H2,18,20,21,23). The summed E-state index contributed by atoms with van der Waals surface area (Å²) in [6.07, 6.45) is 0. The largest absolute Gasteiger partial charge is 0.451 e. The number of thiophene rings is 1. The van der Waals surface area contributed by atoms with Gasteiger partial charge < -0.3 is 10.1 Å². The van der Waals surface area contributed by atoms with Crippen molar-refractivity contribution in [2.75, 3.05) is 11.9 Å². The third-order valence-corrected chi connectivity index (χ3v) is 4.95. The van der Waals surface area contributed by atoms with Gasteiger partial charge in [-0.25, -0.2) is 14.6 Å². The lowest BCUT2D eigenvalue weighted by molar-refractivity contribution is -0.123. The van der Waals surface area contributed by atoms with E-state index in [4.69, 9.17) is 4.74 Å². The normalized spacial score (nSPS) is 10.2. The summed E-state index contributed by atoms with van der Waals surface area (Å²) in [5.74, 6) is -1.46. The van der Waals surface area contributed by atoms with Crippen LogP contribution in [0.3, 0.4) is 0 Å². The highest BCUT2D eigenvalue weighted by atomic mass is 32.1. The van der Waals surface area contributed by atoms with Crippen LogP contribution < -0.4 is 10.6 Å². The Morgan fingerprint density at radius 3 is 2.58 bits per heavy atom. The summed E-state index contributed by atoms with van der Waals surface area (Å²) in [6, 6.07) is 11.7. The van der Waals surface area contributed by atoms with Crippen LogP contribution in [0.25, 0.3) is 9.88 Å². The first-order valence-electron chi connectivity index (χ1n) is 7.44. The zero-order valence-electron chi connectivity index (χ0n) is 13.3. The average Bonchev–Trinajstić information content (AvgIpc) is 3.31. The van der Waals surface area contributed by atoms with Gasteiger partial charge in [-0.3, -0.25) is 10.1 Å². The molecule has 0 radical (unpaired) electrons. The monoisotopic (exact) mass is 387 g/mol. The number of benzene rings is 1. The summed E-state index contributed by atoms with van der Waals surface area (Å²) in [6.45, 7) is -0.576. The van der Waals surface area contributed by atoms with E-state index < -0.39 is 24.5 Å². The summed E-state index contributed by atoms with van der Waals surface area (Å²) >= 11 is 2.83. The zero-order valence-corrected chi connectivity index (χ0v) is 14.9. The van der Waals surface area contributed by atoms with E-state index in [1.54, 1.807) is 35.7 Å². The third kappa shape index (κ3) is 4.74. The number of carbonyl (C=O) groups is 3. The molecule has 26 heavy (non-hydrogen) atoms. The van der Waals surface area contributed by atoms with Gasteiger partial charge in [0, 0.05) is 11.1 Å². The van der Waals surface area contributed by atoms with Gasteiger partial charge in [0.1, 0.15) is 5.01 Å². The summed E-state index contributed by atoms with van der Waals surface area (Å²) in [5, 5.41) is 8.76. The van der Waals surface area contributed by atoms with Crippen LogP contribution in [0, 0.1) is 0 Å². The van der Waals surface area contributed by atoms with Gasteiger partial charge in [-0.05, 0) is 23.6 Å². The molecule has 3 amide bonds. The van der Waals surface area contributed by atoms with Crippen molar-refractivity contribution in [2.45, 2.75) is 0 Å². The predicted molar refractivity (Wildman–Crippen MR) is 99.3 cm³/mol. The van der Waals surface area contributed by atoms with Crippen molar-refractivity contribution in [3.63, 3.8) is 0 Å². The van der Waals surface area contributed by atoms with Crippen LogP contribution in [-0.4, -0.2) is 29.5 Å². The fourth-order valence-electron chi connectivity index (χ4n) is 1.93. The first-order chi connectivity index (χ1) is 12.6. The molecule has 0 bridgehead atoms. The van der Waals surface area contributed by atoms with Gasteiger partial charge in [-0.15, -0.1) is 22.7 Å². The molecule has 3 aromatic rings. The molecular weight excluding hydrogens is 374 g/mol. The number of esters is 1. The molecule has 0 saturated heterocycles. The lowest BCUT2D eigenvalue weighted by atomic mass is 10.3. The predicted octanol–water partition coefficient (Wildman–Crippen LogP) is 3.38. The first kappa shape index (κ1) is 17.8. The van der Waals surface area contributed by atoms with Crippen molar-refractivity contribution in [3.05, 3.63) is 58.9 Å². The molecule has 7 nitrogen and oxygen atoms in total. The number of carbonyl (C=O) groups excluding carboxylic acids is 3. The molecule has 1 aromatic carbocycles. The molecule has 2 aromatic heterocycles. The summed E-state index contributed by atoms with van der Waals surface area (Å²) in [4.78, 5) is 40.5. The smallest absolute Gasteiger partial charge is 0.358 e. The number of thiazole rings is 1. The first-order valence-corrected chi connectivity index (χ1v) is 9.20. The molecule has 0 atom stereocenters. The highest BCUT2D eigenvalue weighted by Gasteiger charge is 2.16. The molecule has 0 saturated carbocycles. The van der Waals surface area contributed by atoms with Crippen molar-refractivity contribution < 1.29 is 19.1 Å². The SMILES string of the molecule is O=C(COC(=O)c1csc(-c2cccs2)n1)NC(=O)Nc1ccccc1. The second-order valence-electron chi connectivity index (χ2n) is 4.96. The Hall–Kier alpha value is -3.04. The molecule has 0 fully saturated rings. The molecule has 132 valence electrons. The Morgan fingerprint density at radius 2 is 1.85 bits per heavy atom. The van der Waals surface area contributed by atoms with Gasteiger partial charge in [-0.1, -0.05) is 24.3 Å². The van der Waals surface area contributed by atoms with Crippen molar-refractivity contribution in [1.29, 1.82) is 0 Å². The third-order valence-electron chi connectivity index (χ3n) is 3.06.